The SMILES string of the molecule is CNCC(=O)Nc1cc(CO)cc(CO)c1. The molecule has 4 N–H and O–H groups in total. The molecule has 0 saturated carbocycles. The number of anilines is 1. The highest BCUT2D eigenvalue weighted by atomic mass is 16.3. The van der Waals surface area contributed by atoms with E-state index in [-0.39, 0.29) is 25.7 Å². The van der Waals surface area contributed by atoms with Crippen LogP contribution in [-0.2, 0) is 18.0 Å². The molecule has 0 radical (unpaired) electrons. The van der Waals surface area contributed by atoms with Crippen LogP contribution in [0.1, 0.15) is 11.1 Å². The molecule has 5 nitrogen and oxygen atoms in total. The van der Waals surface area contributed by atoms with Crippen LogP contribution in [0.25, 0.3) is 0 Å². The van der Waals surface area contributed by atoms with Gasteiger partial charge in [0, 0.05) is 5.69 Å². The zero-order chi connectivity index (χ0) is 12.0. The van der Waals surface area contributed by atoms with Gasteiger partial charge in [0.05, 0.1) is 19.8 Å². The van der Waals surface area contributed by atoms with Crippen LogP contribution in [0.15, 0.2) is 18.2 Å². The van der Waals surface area contributed by atoms with Crippen molar-refractivity contribution in [2.75, 3.05) is 18.9 Å². The highest BCUT2D eigenvalue weighted by Crippen LogP contribution is 2.15. The van der Waals surface area contributed by atoms with Gasteiger partial charge >= 0.3 is 0 Å². The van der Waals surface area contributed by atoms with Crippen molar-refractivity contribution < 1.29 is 15.0 Å². The van der Waals surface area contributed by atoms with Gasteiger partial charge < -0.3 is 20.8 Å². The average molecular weight is 224 g/mol. The van der Waals surface area contributed by atoms with Crippen molar-refractivity contribution in [3.63, 3.8) is 0 Å². The summed E-state index contributed by atoms with van der Waals surface area (Å²) < 4.78 is 0. The van der Waals surface area contributed by atoms with E-state index >= 15 is 0 Å². The highest BCUT2D eigenvalue weighted by Gasteiger charge is 2.03. The molecule has 5 heteroatoms. The summed E-state index contributed by atoms with van der Waals surface area (Å²) in [6.07, 6.45) is 0. The first-order chi connectivity index (χ1) is 7.69. The zero-order valence-corrected chi connectivity index (χ0v) is 9.16. The number of rotatable bonds is 5. The van der Waals surface area contributed by atoms with Gasteiger partial charge in [-0.05, 0) is 30.3 Å². The van der Waals surface area contributed by atoms with E-state index in [0.29, 0.717) is 16.8 Å². The first-order valence-electron chi connectivity index (χ1n) is 4.98. The standard InChI is InChI=1S/C11H16N2O3/c1-12-5-11(16)13-10-3-8(6-14)2-9(4-10)7-15/h2-4,12,14-15H,5-7H2,1H3,(H,13,16). The average Bonchev–Trinajstić information content (AvgIpc) is 2.28. The molecule has 0 spiro atoms. The van der Waals surface area contributed by atoms with Gasteiger partial charge in [-0.15, -0.1) is 0 Å². The van der Waals surface area contributed by atoms with Gasteiger partial charge in [0.2, 0.25) is 5.91 Å². The Bertz CT molecular complexity index is 344. The predicted molar refractivity (Wildman–Crippen MR) is 60.8 cm³/mol. The Kier molecular flexibility index (Phi) is 4.91. The van der Waals surface area contributed by atoms with Crippen molar-refractivity contribution in [2.24, 2.45) is 0 Å². The van der Waals surface area contributed by atoms with Crippen LogP contribution in [0, 0.1) is 0 Å². The fraction of sp³-hybridized carbons (Fsp3) is 0.364. The minimum Gasteiger partial charge on any atom is -0.392 e. The summed E-state index contributed by atoms with van der Waals surface area (Å²) in [6.45, 7) is -0.0245. The third kappa shape index (κ3) is 3.62. The topological polar surface area (TPSA) is 81.6 Å². The summed E-state index contributed by atoms with van der Waals surface area (Å²) in [6, 6.07) is 5.03. The van der Waals surface area contributed by atoms with E-state index in [4.69, 9.17) is 10.2 Å². The van der Waals surface area contributed by atoms with E-state index < -0.39 is 0 Å². The summed E-state index contributed by atoms with van der Waals surface area (Å²) in [5.74, 6) is -0.165. The summed E-state index contributed by atoms with van der Waals surface area (Å²) >= 11 is 0. The molecule has 1 amide bonds. The monoisotopic (exact) mass is 224 g/mol. The number of hydrogen-bond acceptors (Lipinski definition) is 4. The smallest absolute Gasteiger partial charge is 0.238 e. The molecule has 0 heterocycles. The number of amides is 1. The lowest BCUT2D eigenvalue weighted by molar-refractivity contribution is -0.115. The van der Waals surface area contributed by atoms with Crippen LogP contribution in [0.5, 0.6) is 0 Å². The maximum Gasteiger partial charge on any atom is 0.238 e. The molecule has 0 atom stereocenters. The first kappa shape index (κ1) is 12.6. The molecule has 0 aliphatic carbocycles. The summed E-state index contributed by atoms with van der Waals surface area (Å²) in [4.78, 5) is 11.3. The first-order valence-corrected chi connectivity index (χ1v) is 4.98. The molecule has 1 aromatic carbocycles. The van der Waals surface area contributed by atoms with E-state index in [2.05, 4.69) is 10.6 Å². The molecule has 0 aliphatic heterocycles. The van der Waals surface area contributed by atoms with E-state index in [0.717, 1.165) is 0 Å². The van der Waals surface area contributed by atoms with Crippen LogP contribution in [0.2, 0.25) is 0 Å². The fourth-order valence-corrected chi connectivity index (χ4v) is 1.38. The minimum atomic E-state index is -0.165. The van der Waals surface area contributed by atoms with Gasteiger partial charge in [-0.2, -0.15) is 0 Å². The Hall–Kier alpha value is -1.43. The van der Waals surface area contributed by atoms with Gasteiger partial charge in [-0.3, -0.25) is 4.79 Å². The second-order valence-electron chi connectivity index (χ2n) is 3.43. The van der Waals surface area contributed by atoms with Gasteiger partial charge in [-0.1, -0.05) is 6.07 Å². The number of aliphatic hydroxyl groups is 2. The van der Waals surface area contributed by atoms with Crippen LogP contribution in [0.3, 0.4) is 0 Å². The largest absolute Gasteiger partial charge is 0.392 e. The third-order valence-corrected chi connectivity index (χ3v) is 2.04. The summed E-state index contributed by atoms with van der Waals surface area (Å²) in [5, 5.41) is 23.4. The van der Waals surface area contributed by atoms with Crippen LogP contribution in [0.4, 0.5) is 5.69 Å². The second kappa shape index (κ2) is 6.22. The molecular weight excluding hydrogens is 208 g/mol. The predicted octanol–water partition coefficient (Wildman–Crippen LogP) is -0.171. The lowest BCUT2D eigenvalue weighted by Crippen LogP contribution is -2.25. The molecule has 88 valence electrons. The van der Waals surface area contributed by atoms with E-state index in [9.17, 15) is 4.79 Å². The normalized spacial score (nSPS) is 10.2. The van der Waals surface area contributed by atoms with Crippen molar-refractivity contribution in [3.8, 4) is 0 Å². The quantitative estimate of drug-likeness (QED) is 0.559. The summed E-state index contributed by atoms with van der Waals surface area (Å²) in [5.41, 5.74) is 1.90. The molecular formula is C11H16N2O3. The number of carbonyl (C=O) groups is 1. The summed E-state index contributed by atoms with van der Waals surface area (Å²) in [7, 11) is 1.68. The van der Waals surface area contributed by atoms with Crippen LogP contribution < -0.4 is 10.6 Å². The number of nitrogens with one attached hydrogen (secondary N) is 2. The number of benzene rings is 1. The molecule has 1 rings (SSSR count). The van der Waals surface area contributed by atoms with Gasteiger partial charge in [0.15, 0.2) is 0 Å². The molecule has 16 heavy (non-hydrogen) atoms. The minimum absolute atomic E-state index is 0.122. The number of hydrogen-bond donors (Lipinski definition) is 4. The Morgan fingerprint density at radius 2 is 1.75 bits per heavy atom. The van der Waals surface area contributed by atoms with Crippen molar-refractivity contribution in [3.05, 3.63) is 29.3 Å². The Morgan fingerprint density at radius 3 is 2.19 bits per heavy atom. The van der Waals surface area contributed by atoms with E-state index in [1.54, 1.807) is 25.2 Å². The molecule has 1 aromatic rings. The molecule has 0 fully saturated rings. The zero-order valence-electron chi connectivity index (χ0n) is 9.16. The van der Waals surface area contributed by atoms with Crippen LogP contribution in [-0.4, -0.2) is 29.7 Å². The van der Waals surface area contributed by atoms with Crippen molar-refractivity contribution >= 4 is 11.6 Å². The maximum atomic E-state index is 11.3. The molecule has 0 saturated heterocycles. The van der Waals surface area contributed by atoms with Crippen LogP contribution >= 0.6 is 0 Å². The lowest BCUT2D eigenvalue weighted by atomic mass is 10.1. The van der Waals surface area contributed by atoms with Gasteiger partial charge in [0.1, 0.15) is 0 Å². The van der Waals surface area contributed by atoms with Crippen molar-refractivity contribution in [2.45, 2.75) is 13.2 Å². The van der Waals surface area contributed by atoms with Gasteiger partial charge in [-0.25, -0.2) is 0 Å². The Balaban J connectivity index is 2.82. The second-order valence-corrected chi connectivity index (χ2v) is 3.43. The molecule has 0 aromatic heterocycles. The number of carbonyl (C=O) groups excluding carboxylic acids is 1. The van der Waals surface area contributed by atoms with E-state index in [1.807, 2.05) is 0 Å². The number of likely N-dealkylation sites (N-methyl/N-ethyl adjacent to an activating group) is 1. The van der Waals surface area contributed by atoms with Crippen molar-refractivity contribution in [1.29, 1.82) is 0 Å². The van der Waals surface area contributed by atoms with Gasteiger partial charge in [0.25, 0.3) is 0 Å². The maximum absolute atomic E-state index is 11.3. The Morgan fingerprint density at radius 1 is 1.19 bits per heavy atom. The number of aliphatic hydroxyl groups excluding tert-OH is 2. The fourth-order valence-electron chi connectivity index (χ4n) is 1.38. The Labute approximate surface area is 94.1 Å². The highest BCUT2D eigenvalue weighted by molar-refractivity contribution is 5.92. The molecule has 0 aliphatic rings. The van der Waals surface area contributed by atoms with Crippen molar-refractivity contribution in [1.82, 2.24) is 5.32 Å². The lowest BCUT2D eigenvalue weighted by Gasteiger charge is -2.08. The third-order valence-electron chi connectivity index (χ3n) is 2.04. The molecule has 0 unspecified atom stereocenters. The van der Waals surface area contributed by atoms with E-state index in [1.165, 1.54) is 0 Å². The molecule has 0 bridgehead atoms.